The van der Waals surface area contributed by atoms with Gasteiger partial charge >= 0.3 is 0 Å². The number of furan rings is 1. The fourth-order valence-electron chi connectivity index (χ4n) is 3.04. The van der Waals surface area contributed by atoms with E-state index in [0.717, 1.165) is 22.6 Å². The van der Waals surface area contributed by atoms with Crippen LogP contribution < -0.4 is 5.73 Å². The molecule has 0 saturated heterocycles. The van der Waals surface area contributed by atoms with Crippen molar-refractivity contribution in [3.8, 4) is 0 Å². The third kappa shape index (κ3) is 2.17. The summed E-state index contributed by atoms with van der Waals surface area (Å²) in [5, 5.41) is 1.16. The first kappa shape index (κ1) is 11.8. The minimum Gasteiger partial charge on any atom is -0.459 e. The number of rotatable bonds is 2. The predicted octanol–water partition coefficient (Wildman–Crippen LogP) is 4.26. The highest BCUT2D eigenvalue weighted by Crippen LogP contribution is 2.36. The van der Waals surface area contributed by atoms with Crippen LogP contribution in [-0.2, 0) is 0 Å². The molecule has 1 unspecified atom stereocenters. The second-order valence-electron chi connectivity index (χ2n) is 5.73. The van der Waals surface area contributed by atoms with E-state index in [1.165, 1.54) is 25.7 Å². The van der Waals surface area contributed by atoms with E-state index in [1.807, 2.05) is 18.2 Å². The van der Waals surface area contributed by atoms with Gasteiger partial charge in [0.05, 0.1) is 6.04 Å². The third-order valence-electron chi connectivity index (χ3n) is 4.34. The Morgan fingerprint density at radius 3 is 2.61 bits per heavy atom. The first-order valence-corrected chi connectivity index (χ1v) is 6.98. The van der Waals surface area contributed by atoms with Crippen LogP contribution in [0.25, 0.3) is 11.0 Å². The Morgan fingerprint density at radius 1 is 1.17 bits per heavy atom. The van der Waals surface area contributed by atoms with Crippen LogP contribution in [0.4, 0.5) is 0 Å². The Hall–Kier alpha value is -1.28. The first-order chi connectivity index (χ1) is 8.74. The maximum absolute atomic E-state index is 6.39. The zero-order valence-corrected chi connectivity index (χ0v) is 10.9. The van der Waals surface area contributed by atoms with Crippen molar-refractivity contribution in [2.24, 2.45) is 17.6 Å². The zero-order chi connectivity index (χ0) is 12.5. The second-order valence-corrected chi connectivity index (χ2v) is 5.73. The lowest BCUT2D eigenvalue weighted by Crippen LogP contribution is -2.25. The van der Waals surface area contributed by atoms with E-state index < -0.39 is 0 Å². The quantitative estimate of drug-likeness (QED) is 0.856. The third-order valence-corrected chi connectivity index (χ3v) is 4.34. The summed E-state index contributed by atoms with van der Waals surface area (Å²) in [4.78, 5) is 0. The van der Waals surface area contributed by atoms with Crippen molar-refractivity contribution in [3.05, 3.63) is 36.1 Å². The van der Waals surface area contributed by atoms with Crippen molar-refractivity contribution >= 4 is 11.0 Å². The van der Waals surface area contributed by atoms with Crippen molar-refractivity contribution in [1.82, 2.24) is 0 Å². The van der Waals surface area contributed by atoms with Gasteiger partial charge in [-0.25, -0.2) is 0 Å². The van der Waals surface area contributed by atoms with E-state index >= 15 is 0 Å². The van der Waals surface area contributed by atoms with Gasteiger partial charge in [-0.1, -0.05) is 38.0 Å². The van der Waals surface area contributed by atoms with Crippen molar-refractivity contribution in [2.45, 2.75) is 38.6 Å². The van der Waals surface area contributed by atoms with Gasteiger partial charge in [-0.15, -0.1) is 0 Å². The van der Waals surface area contributed by atoms with Crippen LogP contribution in [0.1, 0.15) is 44.4 Å². The normalized spacial score (nSPS) is 26.3. The average molecular weight is 243 g/mol. The molecular formula is C16H21NO. The highest BCUT2D eigenvalue weighted by Gasteiger charge is 2.26. The molecule has 2 nitrogen and oxygen atoms in total. The standard InChI is InChI=1S/C16H21NO/c1-11-6-8-12(9-7-11)16(17)15-10-13-4-2-3-5-14(13)18-15/h2-5,10-12,16H,6-9,17H2,1H3. The molecule has 0 amide bonds. The summed E-state index contributed by atoms with van der Waals surface area (Å²) in [5.74, 6) is 2.40. The molecule has 1 heterocycles. The minimum atomic E-state index is 0.0601. The van der Waals surface area contributed by atoms with Crippen molar-refractivity contribution in [1.29, 1.82) is 0 Å². The van der Waals surface area contributed by atoms with Gasteiger partial charge in [0.25, 0.3) is 0 Å². The summed E-state index contributed by atoms with van der Waals surface area (Å²) in [6.45, 7) is 2.34. The number of hydrogen-bond acceptors (Lipinski definition) is 2. The zero-order valence-electron chi connectivity index (χ0n) is 10.9. The Balaban J connectivity index is 1.81. The fraction of sp³-hybridized carbons (Fsp3) is 0.500. The molecule has 0 radical (unpaired) electrons. The molecule has 96 valence electrons. The number of para-hydroxylation sites is 1. The molecule has 1 saturated carbocycles. The molecule has 1 aromatic carbocycles. The van der Waals surface area contributed by atoms with Gasteiger partial charge < -0.3 is 10.2 Å². The summed E-state index contributed by atoms with van der Waals surface area (Å²) in [7, 11) is 0. The Kier molecular flexibility index (Phi) is 3.13. The van der Waals surface area contributed by atoms with Gasteiger partial charge in [-0.05, 0) is 36.8 Å². The largest absolute Gasteiger partial charge is 0.459 e. The molecule has 18 heavy (non-hydrogen) atoms. The van der Waals surface area contributed by atoms with Crippen LogP contribution in [0.5, 0.6) is 0 Å². The van der Waals surface area contributed by atoms with E-state index in [9.17, 15) is 0 Å². The van der Waals surface area contributed by atoms with Gasteiger partial charge in [0.15, 0.2) is 0 Å². The molecule has 1 atom stereocenters. The van der Waals surface area contributed by atoms with Crippen molar-refractivity contribution in [2.75, 3.05) is 0 Å². The molecule has 1 fully saturated rings. The average Bonchev–Trinajstić information content (AvgIpc) is 2.82. The van der Waals surface area contributed by atoms with E-state index in [2.05, 4.69) is 19.1 Å². The van der Waals surface area contributed by atoms with Crippen molar-refractivity contribution in [3.63, 3.8) is 0 Å². The summed E-state index contributed by atoms with van der Waals surface area (Å²) < 4.78 is 5.88. The van der Waals surface area contributed by atoms with Crippen LogP contribution in [0.2, 0.25) is 0 Å². The highest BCUT2D eigenvalue weighted by molar-refractivity contribution is 5.77. The lowest BCUT2D eigenvalue weighted by Gasteiger charge is -2.29. The maximum Gasteiger partial charge on any atom is 0.134 e. The highest BCUT2D eigenvalue weighted by atomic mass is 16.3. The van der Waals surface area contributed by atoms with Gasteiger partial charge in [0, 0.05) is 5.39 Å². The van der Waals surface area contributed by atoms with E-state index in [-0.39, 0.29) is 6.04 Å². The Morgan fingerprint density at radius 2 is 1.89 bits per heavy atom. The minimum absolute atomic E-state index is 0.0601. The van der Waals surface area contributed by atoms with Gasteiger partial charge in [-0.3, -0.25) is 0 Å². The van der Waals surface area contributed by atoms with E-state index in [1.54, 1.807) is 0 Å². The number of hydrogen-bond donors (Lipinski definition) is 1. The molecular weight excluding hydrogens is 222 g/mol. The molecule has 1 aromatic heterocycles. The number of benzene rings is 1. The SMILES string of the molecule is CC1CCC(C(N)c2cc3ccccc3o2)CC1. The molecule has 2 aromatic rings. The molecule has 0 bridgehead atoms. The van der Waals surface area contributed by atoms with Gasteiger partial charge in [0.2, 0.25) is 0 Å². The smallest absolute Gasteiger partial charge is 0.134 e. The summed E-state index contributed by atoms with van der Waals surface area (Å²) >= 11 is 0. The fourth-order valence-corrected chi connectivity index (χ4v) is 3.04. The lowest BCUT2D eigenvalue weighted by atomic mass is 9.79. The molecule has 0 aliphatic heterocycles. The summed E-state index contributed by atoms with van der Waals surface area (Å²) in [6.07, 6.45) is 5.08. The van der Waals surface area contributed by atoms with Crippen molar-refractivity contribution < 1.29 is 4.42 Å². The topological polar surface area (TPSA) is 39.2 Å². The van der Waals surface area contributed by atoms with E-state index in [0.29, 0.717) is 5.92 Å². The number of nitrogens with two attached hydrogens (primary N) is 1. The molecule has 2 N–H and O–H groups in total. The molecule has 0 spiro atoms. The summed E-state index contributed by atoms with van der Waals surface area (Å²) in [5.41, 5.74) is 7.34. The Labute approximate surface area is 108 Å². The molecule has 2 heteroatoms. The van der Waals surface area contributed by atoms with Crippen LogP contribution >= 0.6 is 0 Å². The Bertz CT molecular complexity index is 490. The van der Waals surface area contributed by atoms with Gasteiger partial charge in [0.1, 0.15) is 11.3 Å². The van der Waals surface area contributed by atoms with Crippen LogP contribution in [-0.4, -0.2) is 0 Å². The second kappa shape index (κ2) is 4.77. The molecule has 1 aliphatic rings. The first-order valence-electron chi connectivity index (χ1n) is 6.98. The van der Waals surface area contributed by atoms with Crippen LogP contribution in [0, 0.1) is 11.8 Å². The molecule has 1 aliphatic carbocycles. The lowest BCUT2D eigenvalue weighted by molar-refractivity contribution is 0.241. The number of fused-ring (bicyclic) bond motifs is 1. The van der Waals surface area contributed by atoms with E-state index in [4.69, 9.17) is 10.2 Å². The molecule has 3 rings (SSSR count). The van der Waals surface area contributed by atoms with Crippen LogP contribution in [0.3, 0.4) is 0 Å². The predicted molar refractivity (Wildman–Crippen MR) is 74.3 cm³/mol. The monoisotopic (exact) mass is 243 g/mol. The maximum atomic E-state index is 6.39. The summed E-state index contributed by atoms with van der Waals surface area (Å²) in [6, 6.07) is 10.3. The van der Waals surface area contributed by atoms with Gasteiger partial charge in [-0.2, -0.15) is 0 Å². The van der Waals surface area contributed by atoms with Crippen LogP contribution in [0.15, 0.2) is 34.7 Å².